The number of nitrogens with one attached hydrogen (secondary N) is 1. The van der Waals surface area contributed by atoms with Gasteiger partial charge in [-0.2, -0.15) is 0 Å². The van der Waals surface area contributed by atoms with E-state index in [1.807, 2.05) is 24.3 Å². The van der Waals surface area contributed by atoms with E-state index in [9.17, 15) is 4.79 Å². The van der Waals surface area contributed by atoms with E-state index in [0.29, 0.717) is 13.0 Å². The fraction of sp³-hybridized carbons (Fsp3) is 0.308. The van der Waals surface area contributed by atoms with Crippen molar-refractivity contribution in [2.75, 3.05) is 13.7 Å². The summed E-state index contributed by atoms with van der Waals surface area (Å²) in [4.78, 5) is 10.6. The SMILES string of the molecule is COc1ccc(C#CCCNC(C)=O)cc1. The van der Waals surface area contributed by atoms with Crippen molar-refractivity contribution < 1.29 is 9.53 Å². The van der Waals surface area contributed by atoms with Crippen molar-refractivity contribution in [3.8, 4) is 17.6 Å². The van der Waals surface area contributed by atoms with Gasteiger partial charge in [-0.3, -0.25) is 4.79 Å². The van der Waals surface area contributed by atoms with Crippen molar-refractivity contribution in [3.05, 3.63) is 29.8 Å². The zero-order valence-corrected chi connectivity index (χ0v) is 9.54. The molecule has 3 heteroatoms. The molecule has 84 valence electrons. The van der Waals surface area contributed by atoms with Crippen LogP contribution in [0.15, 0.2) is 24.3 Å². The van der Waals surface area contributed by atoms with Crippen LogP contribution in [-0.2, 0) is 4.79 Å². The Morgan fingerprint density at radius 1 is 1.38 bits per heavy atom. The average Bonchev–Trinajstić information content (AvgIpc) is 2.29. The minimum absolute atomic E-state index is 0.0220. The molecule has 0 bridgehead atoms. The Kier molecular flexibility index (Phi) is 4.94. The minimum atomic E-state index is -0.0220. The molecule has 0 spiro atoms. The summed E-state index contributed by atoms with van der Waals surface area (Å²) in [6.45, 7) is 2.09. The summed E-state index contributed by atoms with van der Waals surface area (Å²) >= 11 is 0. The first kappa shape index (κ1) is 12.1. The van der Waals surface area contributed by atoms with Crippen molar-refractivity contribution >= 4 is 5.91 Å². The van der Waals surface area contributed by atoms with Crippen LogP contribution in [0.25, 0.3) is 0 Å². The van der Waals surface area contributed by atoms with Crippen LogP contribution in [0.1, 0.15) is 18.9 Å². The topological polar surface area (TPSA) is 38.3 Å². The first-order valence-corrected chi connectivity index (χ1v) is 5.09. The third-order valence-corrected chi connectivity index (χ3v) is 1.95. The van der Waals surface area contributed by atoms with Crippen LogP contribution in [0.2, 0.25) is 0 Å². The third-order valence-electron chi connectivity index (χ3n) is 1.95. The summed E-state index contributed by atoms with van der Waals surface area (Å²) in [7, 11) is 1.63. The minimum Gasteiger partial charge on any atom is -0.497 e. The number of amides is 1. The molecule has 1 amide bonds. The number of carbonyl (C=O) groups is 1. The van der Waals surface area contributed by atoms with Crippen LogP contribution in [0.4, 0.5) is 0 Å². The van der Waals surface area contributed by atoms with Gasteiger partial charge in [-0.05, 0) is 24.3 Å². The molecule has 0 atom stereocenters. The third kappa shape index (κ3) is 4.52. The molecule has 0 saturated carbocycles. The largest absolute Gasteiger partial charge is 0.497 e. The van der Waals surface area contributed by atoms with Gasteiger partial charge in [-0.1, -0.05) is 11.8 Å². The summed E-state index contributed by atoms with van der Waals surface area (Å²) in [5.74, 6) is 6.80. The van der Waals surface area contributed by atoms with Gasteiger partial charge >= 0.3 is 0 Å². The molecule has 0 fully saturated rings. The van der Waals surface area contributed by atoms with E-state index in [2.05, 4.69) is 17.2 Å². The molecular formula is C13H15NO2. The van der Waals surface area contributed by atoms with E-state index in [1.54, 1.807) is 7.11 Å². The van der Waals surface area contributed by atoms with Gasteiger partial charge in [0.1, 0.15) is 5.75 Å². The molecule has 0 heterocycles. The second-order valence-electron chi connectivity index (χ2n) is 3.26. The van der Waals surface area contributed by atoms with Gasteiger partial charge in [0.15, 0.2) is 0 Å². The molecule has 3 nitrogen and oxygen atoms in total. The van der Waals surface area contributed by atoms with Gasteiger partial charge < -0.3 is 10.1 Å². The van der Waals surface area contributed by atoms with Gasteiger partial charge in [0.2, 0.25) is 5.91 Å². The maximum absolute atomic E-state index is 10.6. The molecule has 0 aromatic heterocycles. The Hall–Kier alpha value is -1.95. The Morgan fingerprint density at radius 2 is 2.06 bits per heavy atom. The van der Waals surface area contributed by atoms with Gasteiger partial charge in [-0.15, -0.1) is 0 Å². The molecule has 0 aliphatic rings. The highest BCUT2D eigenvalue weighted by molar-refractivity contribution is 5.72. The van der Waals surface area contributed by atoms with Gasteiger partial charge in [-0.25, -0.2) is 0 Å². The van der Waals surface area contributed by atoms with Crippen molar-refractivity contribution in [2.45, 2.75) is 13.3 Å². The number of hydrogen-bond acceptors (Lipinski definition) is 2. The lowest BCUT2D eigenvalue weighted by molar-refractivity contribution is -0.118. The molecule has 0 aliphatic carbocycles. The highest BCUT2D eigenvalue weighted by Gasteiger charge is 1.90. The van der Waals surface area contributed by atoms with Crippen LogP contribution in [-0.4, -0.2) is 19.6 Å². The number of ether oxygens (including phenoxy) is 1. The second-order valence-corrected chi connectivity index (χ2v) is 3.26. The smallest absolute Gasteiger partial charge is 0.216 e. The summed E-state index contributed by atoms with van der Waals surface area (Å²) in [6.07, 6.45) is 0.658. The molecule has 1 aromatic rings. The molecule has 0 radical (unpaired) electrons. The lowest BCUT2D eigenvalue weighted by atomic mass is 10.2. The first-order valence-electron chi connectivity index (χ1n) is 5.09. The number of rotatable bonds is 3. The Morgan fingerprint density at radius 3 is 2.62 bits per heavy atom. The quantitative estimate of drug-likeness (QED) is 0.616. The molecule has 0 saturated heterocycles. The molecular weight excluding hydrogens is 202 g/mol. The van der Waals surface area contributed by atoms with E-state index >= 15 is 0 Å². The lowest BCUT2D eigenvalue weighted by Crippen LogP contribution is -2.20. The molecule has 1 N–H and O–H groups in total. The molecule has 0 aliphatic heterocycles. The zero-order valence-electron chi connectivity index (χ0n) is 9.54. The summed E-state index contributed by atoms with van der Waals surface area (Å²) < 4.78 is 5.04. The Balaban J connectivity index is 2.41. The fourth-order valence-electron chi connectivity index (χ4n) is 1.14. The number of benzene rings is 1. The standard InChI is InChI=1S/C13H15NO2/c1-11(15)14-10-4-3-5-12-6-8-13(16-2)9-7-12/h6-9H,4,10H2,1-2H3,(H,14,15). The number of methoxy groups -OCH3 is 1. The Labute approximate surface area is 95.8 Å². The van der Waals surface area contributed by atoms with Crippen LogP contribution in [0, 0.1) is 11.8 Å². The maximum Gasteiger partial charge on any atom is 0.216 e. The molecule has 0 unspecified atom stereocenters. The highest BCUT2D eigenvalue weighted by Crippen LogP contribution is 2.09. The van der Waals surface area contributed by atoms with Gasteiger partial charge in [0, 0.05) is 25.5 Å². The van der Waals surface area contributed by atoms with E-state index in [4.69, 9.17) is 4.74 Å². The lowest BCUT2D eigenvalue weighted by Gasteiger charge is -1.97. The molecule has 16 heavy (non-hydrogen) atoms. The predicted molar refractivity (Wildman–Crippen MR) is 63.2 cm³/mol. The summed E-state index contributed by atoms with van der Waals surface area (Å²) in [6, 6.07) is 7.56. The maximum atomic E-state index is 10.6. The molecule has 1 aromatic carbocycles. The summed E-state index contributed by atoms with van der Waals surface area (Å²) in [5.41, 5.74) is 0.948. The predicted octanol–water partition coefficient (Wildman–Crippen LogP) is 1.57. The van der Waals surface area contributed by atoms with Crippen LogP contribution in [0.3, 0.4) is 0 Å². The number of carbonyl (C=O) groups excluding carboxylic acids is 1. The zero-order chi connectivity index (χ0) is 11.8. The number of hydrogen-bond donors (Lipinski definition) is 1. The second kappa shape index (κ2) is 6.52. The van der Waals surface area contributed by atoms with E-state index < -0.39 is 0 Å². The van der Waals surface area contributed by atoms with Crippen LogP contribution in [0.5, 0.6) is 5.75 Å². The monoisotopic (exact) mass is 217 g/mol. The summed E-state index contributed by atoms with van der Waals surface area (Å²) in [5, 5.41) is 2.69. The van der Waals surface area contributed by atoms with E-state index in [-0.39, 0.29) is 5.91 Å². The molecule has 1 rings (SSSR count). The van der Waals surface area contributed by atoms with Gasteiger partial charge in [0.05, 0.1) is 7.11 Å². The highest BCUT2D eigenvalue weighted by atomic mass is 16.5. The van der Waals surface area contributed by atoms with Crippen molar-refractivity contribution in [1.82, 2.24) is 5.32 Å². The van der Waals surface area contributed by atoms with Gasteiger partial charge in [0.25, 0.3) is 0 Å². The first-order chi connectivity index (χ1) is 7.72. The average molecular weight is 217 g/mol. The van der Waals surface area contributed by atoms with Crippen molar-refractivity contribution in [3.63, 3.8) is 0 Å². The Bertz CT molecular complexity index is 398. The van der Waals surface area contributed by atoms with E-state index in [0.717, 1.165) is 11.3 Å². The van der Waals surface area contributed by atoms with Crippen molar-refractivity contribution in [1.29, 1.82) is 0 Å². The fourth-order valence-corrected chi connectivity index (χ4v) is 1.14. The van der Waals surface area contributed by atoms with Crippen LogP contribution >= 0.6 is 0 Å². The van der Waals surface area contributed by atoms with Crippen LogP contribution < -0.4 is 10.1 Å². The van der Waals surface area contributed by atoms with E-state index in [1.165, 1.54) is 6.92 Å². The van der Waals surface area contributed by atoms with Crippen molar-refractivity contribution in [2.24, 2.45) is 0 Å². The normalized spacial score (nSPS) is 8.88.